The Kier molecular flexibility index (Phi) is 2.74. The van der Waals surface area contributed by atoms with Crippen LogP contribution in [0.15, 0.2) is 30.3 Å². The van der Waals surface area contributed by atoms with Gasteiger partial charge < -0.3 is 5.32 Å². The van der Waals surface area contributed by atoms with E-state index < -0.39 is 0 Å². The summed E-state index contributed by atoms with van der Waals surface area (Å²) in [4.78, 5) is 16.4. The molecule has 0 radical (unpaired) electrons. The molecule has 3 heteroatoms. The van der Waals surface area contributed by atoms with Crippen molar-refractivity contribution in [3.05, 3.63) is 36.0 Å². The molecule has 0 saturated heterocycles. The maximum absolute atomic E-state index is 12.0. The number of hydrogen-bond acceptors (Lipinski definition) is 2. The van der Waals surface area contributed by atoms with E-state index in [4.69, 9.17) is 0 Å². The standard InChI is InChI=1S/C15H16N2O/c1-10-8-9-12-13(16-10)6-3-7-14(12)17-15(18)11-4-2-5-11/h3,6-9,11H,2,4-5H2,1H3,(H,17,18). The second kappa shape index (κ2) is 4.41. The number of hydrogen-bond donors (Lipinski definition) is 1. The number of carbonyl (C=O) groups excluding carboxylic acids is 1. The Morgan fingerprint density at radius 3 is 2.83 bits per heavy atom. The number of rotatable bonds is 2. The summed E-state index contributed by atoms with van der Waals surface area (Å²) in [5.41, 5.74) is 2.79. The highest BCUT2D eigenvalue weighted by Crippen LogP contribution is 2.29. The first-order valence-corrected chi connectivity index (χ1v) is 6.41. The number of aryl methyl sites for hydroxylation is 1. The molecule has 0 unspecified atom stereocenters. The van der Waals surface area contributed by atoms with Crippen LogP contribution in [0.25, 0.3) is 10.9 Å². The lowest BCUT2D eigenvalue weighted by Crippen LogP contribution is -2.28. The molecule has 1 aliphatic rings. The predicted octanol–water partition coefficient (Wildman–Crippen LogP) is 3.28. The fourth-order valence-corrected chi connectivity index (χ4v) is 2.27. The molecule has 1 N–H and O–H groups in total. The van der Waals surface area contributed by atoms with Crippen LogP contribution in [0.1, 0.15) is 25.0 Å². The van der Waals surface area contributed by atoms with Crippen LogP contribution < -0.4 is 5.32 Å². The summed E-state index contributed by atoms with van der Waals surface area (Å²) in [6, 6.07) is 9.85. The molecule has 1 aromatic carbocycles. The van der Waals surface area contributed by atoms with Gasteiger partial charge in [-0.2, -0.15) is 0 Å². The third kappa shape index (κ3) is 1.96. The predicted molar refractivity (Wildman–Crippen MR) is 72.5 cm³/mol. The molecular formula is C15H16N2O. The fourth-order valence-electron chi connectivity index (χ4n) is 2.27. The van der Waals surface area contributed by atoms with Crippen LogP contribution in [0.5, 0.6) is 0 Å². The van der Waals surface area contributed by atoms with Crippen LogP contribution in [0, 0.1) is 12.8 Å². The average Bonchev–Trinajstić information content (AvgIpc) is 2.26. The number of aromatic nitrogens is 1. The highest BCUT2D eigenvalue weighted by molar-refractivity contribution is 6.01. The minimum absolute atomic E-state index is 0.148. The van der Waals surface area contributed by atoms with Gasteiger partial charge in [-0.15, -0.1) is 0 Å². The molecule has 0 aliphatic heterocycles. The van der Waals surface area contributed by atoms with Crippen LogP contribution in [-0.2, 0) is 4.79 Å². The van der Waals surface area contributed by atoms with Crippen molar-refractivity contribution in [2.45, 2.75) is 26.2 Å². The van der Waals surface area contributed by atoms with Crippen LogP contribution in [0.4, 0.5) is 5.69 Å². The van der Waals surface area contributed by atoms with E-state index in [2.05, 4.69) is 10.3 Å². The first-order valence-electron chi connectivity index (χ1n) is 6.41. The van der Waals surface area contributed by atoms with Gasteiger partial charge in [0.2, 0.25) is 5.91 Å². The molecule has 0 bridgehead atoms. The summed E-state index contributed by atoms with van der Waals surface area (Å²) in [6.07, 6.45) is 3.22. The van der Waals surface area contributed by atoms with Gasteiger partial charge in [0.1, 0.15) is 0 Å². The van der Waals surface area contributed by atoms with Gasteiger partial charge in [-0.05, 0) is 44.0 Å². The number of carbonyl (C=O) groups is 1. The molecule has 0 atom stereocenters. The Labute approximate surface area is 106 Å². The molecule has 1 amide bonds. The molecule has 92 valence electrons. The van der Waals surface area contributed by atoms with E-state index in [9.17, 15) is 4.79 Å². The molecule has 1 aliphatic carbocycles. The molecule has 1 fully saturated rings. The van der Waals surface area contributed by atoms with Gasteiger partial charge in [0.25, 0.3) is 0 Å². The molecule has 3 nitrogen and oxygen atoms in total. The SMILES string of the molecule is Cc1ccc2c(NC(=O)C3CCC3)cccc2n1. The van der Waals surface area contributed by atoms with Crippen molar-refractivity contribution in [3.63, 3.8) is 0 Å². The minimum atomic E-state index is 0.148. The van der Waals surface area contributed by atoms with E-state index >= 15 is 0 Å². The summed E-state index contributed by atoms with van der Waals surface area (Å²) in [5, 5.41) is 4.04. The zero-order chi connectivity index (χ0) is 12.5. The molecular weight excluding hydrogens is 224 g/mol. The number of anilines is 1. The van der Waals surface area contributed by atoms with Crippen molar-refractivity contribution in [1.82, 2.24) is 4.98 Å². The average molecular weight is 240 g/mol. The molecule has 2 aromatic rings. The summed E-state index contributed by atoms with van der Waals surface area (Å²) in [7, 11) is 0. The third-order valence-corrected chi connectivity index (χ3v) is 3.60. The lowest BCUT2D eigenvalue weighted by atomic mass is 9.85. The Morgan fingerprint density at radius 2 is 2.11 bits per heavy atom. The molecule has 1 heterocycles. The number of amides is 1. The zero-order valence-electron chi connectivity index (χ0n) is 10.4. The summed E-state index contributed by atoms with van der Waals surface area (Å²) >= 11 is 0. The Morgan fingerprint density at radius 1 is 1.28 bits per heavy atom. The van der Waals surface area contributed by atoms with Gasteiger partial charge in [0.15, 0.2) is 0 Å². The van der Waals surface area contributed by atoms with E-state index in [1.807, 2.05) is 37.3 Å². The van der Waals surface area contributed by atoms with Crippen LogP contribution in [0.2, 0.25) is 0 Å². The lowest BCUT2D eigenvalue weighted by molar-refractivity contribution is -0.122. The van der Waals surface area contributed by atoms with Gasteiger partial charge in [-0.3, -0.25) is 9.78 Å². The number of nitrogens with zero attached hydrogens (tertiary/aromatic N) is 1. The van der Waals surface area contributed by atoms with Crippen LogP contribution >= 0.6 is 0 Å². The quantitative estimate of drug-likeness (QED) is 0.875. The van der Waals surface area contributed by atoms with Gasteiger partial charge in [-0.25, -0.2) is 0 Å². The van der Waals surface area contributed by atoms with Crippen LogP contribution in [0.3, 0.4) is 0 Å². The maximum Gasteiger partial charge on any atom is 0.227 e. The first kappa shape index (κ1) is 11.2. The normalized spacial score (nSPS) is 15.4. The molecule has 0 spiro atoms. The molecule has 3 rings (SSSR count). The van der Waals surface area contributed by atoms with Crippen LogP contribution in [-0.4, -0.2) is 10.9 Å². The monoisotopic (exact) mass is 240 g/mol. The fraction of sp³-hybridized carbons (Fsp3) is 0.333. The Balaban J connectivity index is 1.93. The number of benzene rings is 1. The van der Waals surface area contributed by atoms with Gasteiger partial charge >= 0.3 is 0 Å². The lowest BCUT2D eigenvalue weighted by Gasteiger charge is -2.24. The molecule has 1 aromatic heterocycles. The first-order chi connectivity index (χ1) is 8.74. The van der Waals surface area contributed by atoms with Gasteiger partial charge in [0.05, 0.1) is 11.2 Å². The van der Waals surface area contributed by atoms with E-state index in [1.54, 1.807) is 0 Å². The second-order valence-corrected chi connectivity index (χ2v) is 4.94. The number of pyridine rings is 1. The van der Waals surface area contributed by atoms with E-state index in [-0.39, 0.29) is 11.8 Å². The van der Waals surface area contributed by atoms with Gasteiger partial charge in [-0.1, -0.05) is 12.5 Å². The smallest absolute Gasteiger partial charge is 0.227 e. The summed E-state index contributed by atoms with van der Waals surface area (Å²) in [6.45, 7) is 1.97. The second-order valence-electron chi connectivity index (χ2n) is 4.94. The highest BCUT2D eigenvalue weighted by Gasteiger charge is 2.25. The maximum atomic E-state index is 12.0. The third-order valence-electron chi connectivity index (χ3n) is 3.60. The molecule has 1 saturated carbocycles. The van der Waals surface area contributed by atoms with Crippen molar-refractivity contribution in [2.24, 2.45) is 5.92 Å². The van der Waals surface area contributed by atoms with E-state index in [0.29, 0.717) is 0 Å². The van der Waals surface area contributed by atoms with E-state index in [0.717, 1.165) is 35.1 Å². The van der Waals surface area contributed by atoms with Crippen molar-refractivity contribution in [1.29, 1.82) is 0 Å². The van der Waals surface area contributed by atoms with E-state index in [1.165, 1.54) is 6.42 Å². The Bertz CT molecular complexity index is 602. The number of fused-ring (bicyclic) bond motifs is 1. The van der Waals surface area contributed by atoms with Crippen molar-refractivity contribution >= 4 is 22.5 Å². The Hall–Kier alpha value is -1.90. The minimum Gasteiger partial charge on any atom is -0.325 e. The summed E-state index contributed by atoms with van der Waals surface area (Å²) < 4.78 is 0. The molecule has 18 heavy (non-hydrogen) atoms. The van der Waals surface area contributed by atoms with Crippen molar-refractivity contribution < 1.29 is 4.79 Å². The topological polar surface area (TPSA) is 42.0 Å². The van der Waals surface area contributed by atoms with Crippen molar-refractivity contribution in [3.8, 4) is 0 Å². The van der Waals surface area contributed by atoms with Crippen molar-refractivity contribution in [2.75, 3.05) is 5.32 Å². The summed E-state index contributed by atoms with van der Waals surface area (Å²) in [5.74, 6) is 0.355. The number of nitrogens with one attached hydrogen (secondary N) is 1. The largest absolute Gasteiger partial charge is 0.325 e. The highest BCUT2D eigenvalue weighted by atomic mass is 16.1. The zero-order valence-corrected chi connectivity index (χ0v) is 10.4. The van der Waals surface area contributed by atoms with Gasteiger partial charge in [0, 0.05) is 17.0 Å².